The maximum absolute atomic E-state index is 13.5. The molecule has 19 heavy (non-hydrogen) atoms. The van der Waals surface area contributed by atoms with Gasteiger partial charge < -0.3 is 5.32 Å². The minimum Gasteiger partial charge on any atom is -0.314 e. The molecule has 2 unspecified atom stereocenters. The van der Waals surface area contributed by atoms with Crippen LogP contribution in [0.4, 0.5) is 4.39 Å². The fraction of sp³-hybridized carbons (Fsp3) is 0.625. The summed E-state index contributed by atoms with van der Waals surface area (Å²) in [6, 6.07) is 5.47. The molecule has 0 spiro atoms. The molecule has 0 saturated carbocycles. The molecule has 1 aromatic carbocycles. The molecule has 0 aliphatic heterocycles. The summed E-state index contributed by atoms with van der Waals surface area (Å²) in [7, 11) is 0. The highest BCUT2D eigenvalue weighted by Crippen LogP contribution is 2.27. The normalized spacial score (nSPS) is 14.7. The summed E-state index contributed by atoms with van der Waals surface area (Å²) in [4.78, 5) is 0. The van der Waals surface area contributed by atoms with Crippen molar-refractivity contribution >= 4 is 11.6 Å². The minimum atomic E-state index is -0.323. The summed E-state index contributed by atoms with van der Waals surface area (Å²) in [6.45, 7) is 9.80. The van der Waals surface area contributed by atoms with Crippen molar-refractivity contribution in [2.24, 2.45) is 11.8 Å². The van der Waals surface area contributed by atoms with Crippen molar-refractivity contribution in [3.8, 4) is 0 Å². The van der Waals surface area contributed by atoms with Gasteiger partial charge in [0.15, 0.2) is 0 Å². The van der Waals surface area contributed by atoms with E-state index < -0.39 is 0 Å². The Morgan fingerprint density at radius 3 is 2.53 bits per heavy atom. The summed E-state index contributed by atoms with van der Waals surface area (Å²) in [5.74, 6) is 0.653. The first-order valence-corrected chi connectivity index (χ1v) is 7.51. The van der Waals surface area contributed by atoms with E-state index in [1.807, 2.05) is 6.07 Å². The lowest BCUT2D eigenvalue weighted by molar-refractivity contribution is 0.289. The zero-order valence-corrected chi connectivity index (χ0v) is 13.1. The molecule has 0 aliphatic carbocycles. The second kappa shape index (κ2) is 7.86. The summed E-state index contributed by atoms with van der Waals surface area (Å²) in [5, 5.41) is 3.81. The second-order valence-electron chi connectivity index (χ2n) is 5.57. The molecule has 0 bridgehead atoms. The van der Waals surface area contributed by atoms with E-state index in [-0.39, 0.29) is 10.8 Å². The van der Waals surface area contributed by atoms with Gasteiger partial charge in [0.2, 0.25) is 0 Å². The smallest absolute Gasteiger partial charge is 0.142 e. The van der Waals surface area contributed by atoms with Crippen LogP contribution < -0.4 is 5.32 Å². The van der Waals surface area contributed by atoms with Crippen molar-refractivity contribution in [1.29, 1.82) is 0 Å². The molecule has 0 amide bonds. The van der Waals surface area contributed by atoms with Crippen LogP contribution in [-0.4, -0.2) is 12.6 Å². The van der Waals surface area contributed by atoms with Crippen LogP contribution in [0.5, 0.6) is 0 Å². The Morgan fingerprint density at radius 2 is 1.95 bits per heavy atom. The molecule has 2 atom stereocenters. The van der Waals surface area contributed by atoms with Crippen LogP contribution in [0.25, 0.3) is 0 Å². The lowest BCUT2D eigenvalue weighted by Crippen LogP contribution is -2.37. The largest absolute Gasteiger partial charge is 0.314 e. The fourth-order valence-electron chi connectivity index (χ4n) is 2.47. The Kier molecular flexibility index (Phi) is 6.81. The second-order valence-corrected chi connectivity index (χ2v) is 5.95. The lowest BCUT2D eigenvalue weighted by Gasteiger charge is -2.29. The van der Waals surface area contributed by atoms with Crippen molar-refractivity contribution in [2.75, 3.05) is 6.54 Å². The van der Waals surface area contributed by atoms with Gasteiger partial charge in [0.25, 0.3) is 0 Å². The molecule has 0 fully saturated rings. The highest BCUT2D eigenvalue weighted by atomic mass is 35.5. The molecule has 3 heteroatoms. The Hall–Kier alpha value is -0.600. The third-order valence-electron chi connectivity index (χ3n) is 3.70. The molecule has 0 aromatic heterocycles. The number of benzene rings is 1. The average Bonchev–Trinajstić information content (AvgIpc) is 2.37. The Labute approximate surface area is 121 Å². The molecule has 108 valence electrons. The number of hydrogen-bond donors (Lipinski definition) is 1. The van der Waals surface area contributed by atoms with Gasteiger partial charge in [-0.2, -0.15) is 0 Å². The molecule has 1 nitrogen and oxygen atoms in total. The molecule has 1 N–H and O–H groups in total. The number of halogens is 2. The Balaban J connectivity index is 2.81. The van der Waals surface area contributed by atoms with Gasteiger partial charge >= 0.3 is 0 Å². The molecule has 0 aliphatic rings. The molecule has 1 aromatic rings. The van der Waals surface area contributed by atoms with Crippen LogP contribution >= 0.6 is 11.6 Å². The van der Waals surface area contributed by atoms with E-state index in [9.17, 15) is 4.39 Å². The van der Waals surface area contributed by atoms with Gasteiger partial charge in [0.1, 0.15) is 5.82 Å². The maximum Gasteiger partial charge on any atom is 0.142 e. The lowest BCUT2D eigenvalue weighted by atomic mass is 9.84. The first kappa shape index (κ1) is 16.5. The predicted octanol–water partition coefficient (Wildman–Crippen LogP) is 4.68. The fourth-order valence-corrected chi connectivity index (χ4v) is 2.68. The topological polar surface area (TPSA) is 12.0 Å². The minimum absolute atomic E-state index is 0.274. The summed E-state index contributed by atoms with van der Waals surface area (Å²) >= 11 is 6.06. The van der Waals surface area contributed by atoms with Gasteiger partial charge in [-0.05, 0) is 49.8 Å². The van der Waals surface area contributed by atoms with Crippen LogP contribution in [0.3, 0.4) is 0 Å². The van der Waals surface area contributed by atoms with Crippen molar-refractivity contribution in [2.45, 2.75) is 46.6 Å². The van der Waals surface area contributed by atoms with Crippen molar-refractivity contribution in [1.82, 2.24) is 5.32 Å². The molecule has 0 radical (unpaired) electrons. The Bertz CT molecular complexity index is 392. The van der Waals surface area contributed by atoms with Gasteiger partial charge in [-0.25, -0.2) is 4.39 Å². The standard InChI is InChI=1S/C16H25ClFN/c1-5-9-19-12(4)14(11(2)3)10-13-7-6-8-15(18)16(13)17/h6-8,11-12,14,19H,5,9-10H2,1-4H3. The van der Waals surface area contributed by atoms with Gasteiger partial charge in [-0.3, -0.25) is 0 Å². The number of nitrogens with one attached hydrogen (secondary N) is 1. The first-order chi connectivity index (χ1) is 8.97. The molecule has 0 saturated heterocycles. The van der Waals surface area contributed by atoms with E-state index in [4.69, 9.17) is 11.6 Å². The zero-order chi connectivity index (χ0) is 14.4. The number of rotatable bonds is 7. The van der Waals surface area contributed by atoms with E-state index >= 15 is 0 Å². The van der Waals surface area contributed by atoms with E-state index in [0.29, 0.717) is 17.9 Å². The van der Waals surface area contributed by atoms with Gasteiger partial charge in [0, 0.05) is 6.04 Å². The van der Waals surface area contributed by atoms with Crippen molar-refractivity contribution in [3.05, 3.63) is 34.6 Å². The highest BCUT2D eigenvalue weighted by molar-refractivity contribution is 6.31. The first-order valence-electron chi connectivity index (χ1n) is 7.13. The van der Waals surface area contributed by atoms with Crippen LogP contribution in [0, 0.1) is 17.7 Å². The summed E-state index contributed by atoms with van der Waals surface area (Å²) in [6.07, 6.45) is 1.93. The van der Waals surface area contributed by atoms with Crippen LogP contribution in [-0.2, 0) is 6.42 Å². The van der Waals surface area contributed by atoms with Crippen LogP contribution in [0.2, 0.25) is 5.02 Å². The average molecular weight is 286 g/mol. The number of hydrogen-bond acceptors (Lipinski definition) is 1. The van der Waals surface area contributed by atoms with Crippen LogP contribution in [0.15, 0.2) is 18.2 Å². The van der Waals surface area contributed by atoms with Gasteiger partial charge in [-0.15, -0.1) is 0 Å². The van der Waals surface area contributed by atoms with E-state index in [1.165, 1.54) is 6.07 Å². The van der Waals surface area contributed by atoms with E-state index in [1.54, 1.807) is 6.07 Å². The highest BCUT2D eigenvalue weighted by Gasteiger charge is 2.22. The Morgan fingerprint density at radius 1 is 1.26 bits per heavy atom. The third kappa shape index (κ3) is 4.77. The molecule has 1 rings (SSSR count). The van der Waals surface area contributed by atoms with Gasteiger partial charge in [-0.1, -0.05) is 44.5 Å². The summed E-state index contributed by atoms with van der Waals surface area (Å²) < 4.78 is 13.5. The molecule has 0 heterocycles. The predicted molar refractivity (Wildman–Crippen MR) is 81.2 cm³/mol. The van der Waals surface area contributed by atoms with Crippen molar-refractivity contribution < 1.29 is 4.39 Å². The van der Waals surface area contributed by atoms with Crippen molar-refractivity contribution in [3.63, 3.8) is 0 Å². The monoisotopic (exact) mass is 285 g/mol. The van der Waals surface area contributed by atoms with Crippen LogP contribution in [0.1, 0.15) is 39.7 Å². The third-order valence-corrected chi connectivity index (χ3v) is 4.13. The molecular weight excluding hydrogens is 261 g/mol. The van der Waals surface area contributed by atoms with Gasteiger partial charge in [0.05, 0.1) is 5.02 Å². The molecular formula is C16H25ClFN. The maximum atomic E-state index is 13.5. The zero-order valence-electron chi connectivity index (χ0n) is 12.3. The van der Waals surface area contributed by atoms with E-state index in [0.717, 1.165) is 24.9 Å². The van der Waals surface area contributed by atoms with E-state index in [2.05, 4.69) is 33.0 Å². The summed E-state index contributed by atoms with van der Waals surface area (Å²) in [5.41, 5.74) is 0.908. The quantitative estimate of drug-likeness (QED) is 0.767. The SMILES string of the molecule is CCCNC(C)C(Cc1cccc(F)c1Cl)C(C)C.